The molecule has 0 aliphatic heterocycles. The fourth-order valence-corrected chi connectivity index (χ4v) is 1.38. The molecule has 0 atom stereocenters. The number of nitrogens with one attached hydrogen (secondary N) is 1. The van der Waals surface area contributed by atoms with Gasteiger partial charge in [-0.25, -0.2) is 4.68 Å². The zero-order chi connectivity index (χ0) is 17.8. The monoisotopic (exact) mass is 332 g/mol. The summed E-state index contributed by atoms with van der Waals surface area (Å²) in [5.74, 6) is 0. The van der Waals surface area contributed by atoms with Crippen LogP contribution in [0, 0.1) is 6.92 Å². The number of ether oxygens (including phenoxy) is 3. The first-order chi connectivity index (χ1) is 11.3. The van der Waals surface area contributed by atoms with E-state index in [1.165, 1.54) is 0 Å². The molecule has 0 amide bonds. The summed E-state index contributed by atoms with van der Waals surface area (Å²) in [5, 5.41) is 10.8. The Morgan fingerprint density at radius 2 is 1.43 bits per heavy atom. The van der Waals surface area contributed by atoms with Gasteiger partial charge in [0.25, 0.3) is 0 Å². The maximum atomic E-state index is 5.43. The van der Waals surface area contributed by atoms with Crippen molar-refractivity contribution in [2.24, 2.45) is 0 Å². The summed E-state index contributed by atoms with van der Waals surface area (Å²) < 4.78 is 17.9. The van der Waals surface area contributed by atoms with Gasteiger partial charge in [0.15, 0.2) is 0 Å². The third-order valence-corrected chi connectivity index (χ3v) is 2.36. The Kier molecular flexibility index (Phi) is 22.1. The summed E-state index contributed by atoms with van der Waals surface area (Å²) >= 11 is 0. The zero-order valence-electron chi connectivity index (χ0n) is 15.8. The van der Waals surface area contributed by atoms with Crippen molar-refractivity contribution in [3.63, 3.8) is 0 Å². The van der Waals surface area contributed by atoms with Gasteiger partial charge in [0.05, 0.1) is 51.9 Å². The first kappa shape index (κ1) is 24.2. The molecule has 0 aliphatic carbocycles. The molecule has 7 heteroatoms. The summed E-state index contributed by atoms with van der Waals surface area (Å²) in [7, 11) is 1.90. The molecule has 1 rings (SSSR count). The smallest absolute Gasteiger partial charge is 0.0796 e. The quantitative estimate of drug-likeness (QED) is 0.590. The standard InChI is InChI=1S/C12H24N4O3.2C2H6/c1-12-11-16(15-14-12)4-6-18-8-10-19-9-7-17-5-3-13-2;2*1-2/h11,13H,3-10H2,1-2H3;2*1-2H3. The highest BCUT2D eigenvalue weighted by atomic mass is 16.5. The normalized spacial score (nSPS) is 9.65. The van der Waals surface area contributed by atoms with Crippen LogP contribution in [0.1, 0.15) is 33.4 Å². The van der Waals surface area contributed by atoms with E-state index in [1.807, 2.05) is 47.9 Å². The Hall–Kier alpha value is -1.02. The molecule has 0 aliphatic rings. The molecular formula is C16H36N4O3. The SMILES string of the molecule is CC.CC.CNCCOCCOCCOCCn1cc(C)nn1. The fraction of sp³-hybridized carbons (Fsp3) is 0.875. The Morgan fingerprint density at radius 3 is 1.91 bits per heavy atom. The Balaban J connectivity index is 0. The van der Waals surface area contributed by atoms with Crippen LogP contribution in [0.3, 0.4) is 0 Å². The van der Waals surface area contributed by atoms with E-state index in [-0.39, 0.29) is 0 Å². The minimum Gasteiger partial charge on any atom is -0.378 e. The van der Waals surface area contributed by atoms with Crippen molar-refractivity contribution in [2.75, 3.05) is 53.2 Å². The van der Waals surface area contributed by atoms with Gasteiger partial charge in [-0.1, -0.05) is 32.9 Å². The first-order valence-electron chi connectivity index (χ1n) is 8.57. The highest BCUT2D eigenvalue weighted by Crippen LogP contribution is 1.89. The molecule has 0 spiro atoms. The van der Waals surface area contributed by atoms with Crippen LogP contribution < -0.4 is 5.32 Å². The molecule has 1 aromatic rings. The van der Waals surface area contributed by atoms with Crippen molar-refractivity contribution in [2.45, 2.75) is 41.2 Å². The summed E-state index contributed by atoms with van der Waals surface area (Å²) in [6.45, 7) is 15.2. The van der Waals surface area contributed by atoms with Gasteiger partial charge in [0.1, 0.15) is 0 Å². The summed E-state index contributed by atoms with van der Waals surface area (Å²) in [6.07, 6.45) is 1.89. The highest BCUT2D eigenvalue weighted by Gasteiger charge is 1.95. The predicted molar refractivity (Wildman–Crippen MR) is 93.8 cm³/mol. The van der Waals surface area contributed by atoms with E-state index < -0.39 is 0 Å². The topological polar surface area (TPSA) is 70.4 Å². The Morgan fingerprint density at radius 1 is 0.913 bits per heavy atom. The van der Waals surface area contributed by atoms with Gasteiger partial charge in [0.2, 0.25) is 0 Å². The maximum absolute atomic E-state index is 5.43. The number of hydrogen-bond donors (Lipinski definition) is 1. The second-order valence-electron chi connectivity index (χ2n) is 4.06. The molecule has 138 valence electrons. The number of hydrogen-bond acceptors (Lipinski definition) is 6. The van der Waals surface area contributed by atoms with E-state index in [2.05, 4.69) is 15.6 Å². The lowest BCUT2D eigenvalue weighted by atomic mass is 10.5. The van der Waals surface area contributed by atoms with Gasteiger partial charge < -0.3 is 19.5 Å². The number of aryl methyl sites for hydroxylation is 1. The molecule has 7 nitrogen and oxygen atoms in total. The molecule has 0 aromatic carbocycles. The van der Waals surface area contributed by atoms with Gasteiger partial charge in [-0.05, 0) is 14.0 Å². The molecule has 1 N–H and O–H groups in total. The summed E-state index contributed by atoms with van der Waals surface area (Å²) in [6, 6.07) is 0. The molecule has 0 saturated heterocycles. The average Bonchev–Trinajstić information content (AvgIpc) is 3.02. The van der Waals surface area contributed by atoms with Gasteiger partial charge >= 0.3 is 0 Å². The van der Waals surface area contributed by atoms with Crippen LogP contribution in [-0.4, -0.2) is 68.2 Å². The van der Waals surface area contributed by atoms with Crippen LogP contribution in [0.15, 0.2) is 6.20 Å². The van der Waals surface area contributed by atoms with E-state index >= 15 is 0 Å². The lowest BCUT2D eigenvalue weighted by molar-refractivity contribution is 0.0134. The van der Waals surface area contributed by atoms with Crippen LogP contribution in [0.5, 0.6) is 0 Å². The van der Waals surface area contributed by atoms with Gasteiger partial charge in [-0.15, -0.1) is 5.10 Å². The van der Waals surface area contributed by atoms with E-state index in [4.69, 9.17) is 14.2 Å². The number of likely N-dealkylation sites (N-methyl/N-ethyl adjacent to an activating group) is 1. The van der Waals surface area contributed by atoms with Crippen LogP contribution >= 0.6 is 0 Å². The van der Waals surface area contributed by atoms with E-state index in [9.17, 15) is 0 Å². The molecule has 0 unspecified atom stereocenters. The lowest BCUT2D eigenvalue weighted by Gasteiger charge is -2.06. The van der Waals surface area contributed by atoms with E-state index in [0.29, 0.717) is 46.2 Å². The lowest BCUT2D eigenvalue weighted by Crippen LogP contribution is -2.17. The minimum absolute atomic E-state index is 0.587. The second-order valence-corrected chi connectivity index (χ2v) is 4.06. The molecule has 0 bridgehead atoms. The summed E-state index contributed by atoms with van der Waals surface area (Å²) in [5.41, 5.74) is 0.918. The number of aromatic nitrogens is 3. The van der Waals surface area contributed by atoms with Crippen LogP contribution in [0.2, 0.25) is 0 Å². The van der Waals surface area contributed by atoms with Crippen molar-refractivity contribution in [1.82, 2.24) is 20.3 Å². The highest BCUT2D eigenvalue weighted by molar-refractivity contribution is 4.86. The van der Waals surface area contributed by atoms with Crippen molar-refractivity contribution in [3.8, 4) is 0 Å². The molecular weight excluding hydrogens is 296 g/mol. The van der Waals surface area contributed by atoms with Gasteiger partial charge in [0, 0.05) is 12.7 Å². The zero-order valence-corrected chi connectivity index (χ0v) is 15.8. The average molecular weight is 332 g/mol. The first-order valence-corrected chi connectivity index (χ1v) is 8.57. The maximum Gasteiger partial charge on any atom is 0.0796 e. The van der Waals surface area contributed by atoms with Gasteiger partial charge in [-0.2, -0.15) is 0 Å². The van der Waals surface area contributed by atoms with Crippen molar-refractivity contribution in [3.05, 3.63) is 11.9 Å². The third kappa shape index (κ3) is 17.2. The van der Waals surface area contributed by atoms with Crippen molar-refractivity contribution in [1.29, 1.82) is 0 Å². The molecule has 23 heavy (non-hydrogen) atoms. The van der Waals surface area contributed by atoms with E-state index in [0.717, 1.165) is 12.2 Å². The minimum atomic E-state index is 0.587. The molecule has 1 aromatic heterocycles. The molecule has 0 saturated carbocycles. The van der Waals surface area contributed by atoms with Crippen LogP contribution in [-0.2, 0) is 20.8 Å². The van der Waals surface area contributed by atoms with Crippen molar-refractivity contribution < 1.29 is 14.2 Å². The Bertz CT molecular complexity index is 322. The predicted octanol–water partition coefficient (Wildman–Crippen LogP) is 1.91. The Labute approximate surface area is 141 Å². The third-order valence-electron chi connectivity index (χ3n) is 2.36. The van der Waals surface area contributed by atoms with Crippen molar-refractivity contribution >= 4 is 0 Å². The largest absolute Gasteiger partial charge is 0.378 e. The molecule has 0 fully saturated rings. The molecule has 0 radical (unpaired) electrons. The molecule has 1 heterocycles. The number of rotatable bonds is 12. The van der Waals surface area contributed by atoms with Gasteiger partial charge in [-0.3, -0.25) is 0 Å². The van der Waals surface area contributed by atoms with E-state index in [1.54, 1.807) is 4.68 Å². The van der Waals surface area contributed by atoms with Crippen LogP contribution in [0.25, 0.3) is 0 Å². The fourth-order valence-electron chi connectivity index (χ4n) is 1.38. The number of nitrogens with zero attached hydrogens (tertiary/aromatic N) is 3. The second kappa shape index (κ2) is 21.0. The summed E-state index contributed by atoms with van der Waals surface area (Å²) in [4.78, 5) is 0. The van der Waals surface area contributed by atoms with Crippen LogP contribution in [0.4, 0.5) is 0 Å².